The summed E-state index contributed by atoms with van der Waals surface area (Å²) in [5.74, 6) is 0.352. The van der Waals surface area contributed by atoms with Crippen molar-refractivity contribution in [1.82, 2.24) is 4.90 Å². The van der Waals surface area contributed by atoms with E-state index in [2.05, 4.69) is 89.1 Å². The molecule has 1 aromatic carbocycles. The molecule has 3 saturated carbocycles. The molecule has 3 heteroatoms. The first-order valence-electron chi connectivity index (χ1n) is 15.6. The molecular formula is C37H49NO2. The first-order chi connectivity index (χ1) is 18.7. The molecule has 2 unspecified atom stereocenters. The van der Waals surface area contributed by atoms with Crippen LogP contribution in [0.15, 0.2) is 76.6 Å². The molecule has 0 amide bonds. The predicted octanol–water partition coefficient (Wildman–Crippen LogP) is 8.75. The molecule has 3 nitrogen and oxygen atoms in total. The van der Waals surface area contributed by atoms with E-state index in [1.165, 1.54) is 49.7 Å². The topological polar surface area (TPSA) is 40.5 Å². The summed E-state index contributed by atoms with van der Waals surface area (Å²) in [6.45, 7) is 16.8. The smallest absolute Gasteiger partial charge is 0.220 e. The Hall–Kier alpha value is -2.39. The van der Waals surface area contributed by atoms with Crippen molar-refractivity contribution >= 4 is 5.78 Å². The molecule has 5 aliphatic carbocycles. The van der Waals surface area contributed by atoms with Crippen LogP contribution in [0.4, 0.5) is 0 Å². The van der Waals surface area contributed by atoms with Crippen LogP contribution in [0.5, 0.6) is 0 Å². The van der Waals surface area contributed by atoms with E-state index in [1.807, 2.05) is 6.92 Å². The normalized spacial score (nSPS) is 40.9. The SMILES string of the molecule is CC1=C(O)C(=O)C=C2C1=CC=C1C3(C)CC[C@@]4(C)CC[C@@](C)(CN(C)Cc5ccccc5)CC4[C@]3(C)CC[C@@]21C. The van der Waals surface area contributed by atoms with Gasteiger partial charge in [0, 0.05) is 24.1 Å². The Kier molecular flexibility index (Phi) is 6.28. The van der Waals surface area contributed by atoms with Crippen molar-refractivity contribution < 1.29 is 9.90 Å². The molecule has 40 heavy (non-hydrogen) atoms. The number of hydrogen-bond donors (Lipinski definition) is 1. The van der Waals surface area contributed by atoms with E-state index in [9.17, 15) is 9.90 Å². The minimum atomic E-state index is -0.232. The molecule has 0 aliphatic heterocycles. The number of aliphatic hydroxyl groups excluding tert-OH is 1. The first kappa shape index (κ1) is 27.8. The molecule has 0 heterocycles. The number of ketones is 1. The zero-order chi connectivity index (χ0) is 28.7. The molecule has 0 aromatic heterocycles. The van der Waals surface area contributed by atoms with Crippen LogP contribution < -0.4 is 0 Å². The lowest BCUT2D eigenvalue weighted by atomic mass is 9.34. The van der Waals surface area contributed by atoms with Gasteiger partial charge in [0.05, 0.1) is 0 Å². The molecule has 1 N–H and O–H groups in total. The maximum atomic E-state index is 12.8. The Balaban J connectivity index is 1.33. The lowest BCUT2D eigenvalue weighted by molar-refractivity contribution is -0.163. The Morgan fingerprint density at radius 1 is 0.925 bits per heavy atom. The van der Waals surface area contributed by atoms with Gasteiger partial charge in [0.15, 0.2) is 5.76 Å². The van der Waals surface area contributed by atoms with E-state index in [0.717, 1.165) is 36.2 Å². The van der Waals surface area contributed by atoms with Gasteiger partial charge in [0.1, 0.15) is 0 Å². The van der Waals surface area contributed by atoms with Gasteiger partial charge >= 0.3 is 0 Å². The highest BCUT2D eigenvalue weighted by molar-refractivity contribution is 6.06. The predicted molar refractivity (Wildman–Crippen MR) is 164 cm³/mol. The number of carbonyl (C=O) groups is 1. The van der Waals surface area contributed by atoms with Gasteiger partial charge in [-0.1, -0.05) is 82.7 Å². The fourth-order valence-corrected chi connectivity index (χ4v) is 10.3. The van der Waals surface area contributed by atoms with Crippen molar-refractivity contribution in [2.45, 2.75) is 93.0 Å². The second kappa shape index (κ2) is 9.05. The third kappa shape index (κ3) is 3.90. The number of allylic oxidation sites excluding steroid dienone is 7. The number of aliphatic hydroxyl groups is 1. The van der Waals surface area contributed by atoms with Gasteiger partial charge in [0.25, 0.3) is 0 Å². The van der Waals surface area contributed by atoms with Gasteiger partial charge in [-0.3, -0.25) is 4.79 Å². The van der Waals surface area contributed by atoms with Crippen LogP contribution >= 0.6 is 0 Å². The van der Waals surface area contributed by atoms with Crippen molar-refractivity contribution in [3.63, 3.8) is 0 Å². The maximum Gasteiger partial charge on any atom is 0.220 e. The zero-order valence-corrected chi connectivity index (χ0v) is 25.9. The van der Waals surface area contributed by atoms with Crippen molar-refractivity contribution in [3.05, 3.63) is 82.2 Å². The average molecular weight is 540 g/mol. The zero-order valence-electron chi connectivity index (χ0n) is 25.9. The van der Waals surface area contributed by atoms with E-state index < -0.39 is 0 Å². The van der Waals surface area contributed by atoms with Crippen LogP contribution in [0.25, 0.3) is 0 Å². The van der Waals surface area contributed by atoms with Crippen molar-refractivity contribution in [1.29, 1.82) is 0 Å². The molecule has 0 radical (unpaired) electrons. The summed E-state index contributed by atoms with van der Waals surface area (Å²) >= 11 is 0. The quantitative estimate of drug-likeness (QED) is 0.416. The summed E-state index contributed by atoms with van der Waals surface area (Å²) in [5, 5.41) is 10.4. The summed E-state index contributed by atoms with van der Waals surface area (Å²) in [5.41, 5.74) is 6.69. The van der Waals surface area contributed by atoms with Gasteiger partial charge in [-0.15, -0.1) is 0 Å². The van der Waals surface area contributed by atoms with Crippen molar-refractivity contribution in [3.8, 4) is 0 Å². The monoisotopic (exact) mass is 539 g/mol. The molecule has 3 fully saturated rings. The highest BCUT2D eigenvalue weighted by atomic mass is 16.3. The van der Waals surface area contributed by atoms with Crippen LogP contribution in [-0.4, -0.2) is 29.4 Å². The first-order valence-corrected chi connectivity index (χ1v) is 15.6. The molecule has 214 valence electrons. The number of nitrogens with zero attached hydrogens (tertiary/aromatic N) is 1. The van der Waals surface area contributed by atoms with Crippen LogP contribution in [0.3, 0.4) is 0 Å². The second-order valence-corrected chi connectivity index (χ2v) is 15.5. The van der Waals surface area contributed by atoms with Gasteiger partial charge in [-0.2, -0.15) is 0 Å². The standard InChI is InChI=1S/C37H49NO2/c1-25-27-13-14-30-35(4,28(27)21-29(39)32(25)40)18-20-37(6)31-22-33(2,15-16-34(31,3)17-19-36(30,37)5)24-38(7)23-26-11-9-8-10-12-26/h8-14,21,31,40H,15-20,22-24H2,1-7H3/t31?,33-,34-,35+,36?,37+/m1/s1. The summed E-state index contributed by atoms with van der Waals surface area (Å²) in [4.78, 5) is 15.3. The van der Waals surface area contributed by atoms with E-state index in [4.69, 9.17) is 0 Å². The summed E-state index contributed by atoms with van der Waals surface area (Å²) in [6, 6.07) is 10.9. The summed E-state index contributed by atoms with van der Waals surface area (Å²) in [7, 11) is 2.30. The number of carbonyl (C=O) groups excluding carboxylic acids is 1. The van der Waals surface area contributed by atoms with Gasteiger partial charge in [-0.05, 0) is 109 Å². The second-order valence-electron chi connectivity index (χ2n) is 15.5. The van der Waals surface area contributed by atoms with E-state index in [0.29, 0.717) is 16.7 Å². The molecule has 5 aliphatic rings. The number of fused-ring (bicyclic) bond motifs is 7. The fourth-order valence-electron chi connectivity index (χ4n) is 10.3. The van der Waals surface area contributed by atoms with Crippen LogP contribution in [0, 0.1) is 33.0 Å². The van der Waals surface area contributed by atoms with Crippen LogP contribution in [0.2, 0.25) is 0 Å². The number of rotatable bonds is 4. The van der Waals surface area contributed by atoms with E-state index in [-0.39, 0.29) is 27.8 Å². The van der Waals surface area contributed by atoms with E-state index >= 15 is 0 Å². The maximum absolute atomic E-state index is 12.8. The third-order valence-corrected chi connectivity index (χ3v) is 12.9. The largest absolute Gasteiger partial charge is 0.504 e. The Labute approximate surface area is 242 Å². The molecule has 0 spiro atoms. The Morgan fingerprint density at radius 3 is 2.35 bits per heavy atom. The van der Waals surface area contributed by atoms with Gasteiger partial charge in [-0.25, -0.2) is 0 Å². The molecule has 6 rings (SSSR count). The van der Waals surface area contributed by atoms with E-state index in [1.54, 1.807) is 6.08 Å². The highest BCUT2D eigenvalue weighted by Gasteiger charge is 2.66. The Bertz CT molecular complexity index is 1370. The lowest BCUT2D eigenvalue weighted by Gasteiger charge is -2.70. The summed E-state index contributed by atoms with van der Waals surface area (Å²) in [6.07, 6.45) is 15.0. The minimum absolute atomic E-state index is 0.0847. The van der Waals surface area contributed by atoms with Crippen LogP contribution in [0.1, 0.15) is 92.1 Å². The molecule has 0 bridgehead atoms. The summed E-state index contributed by atoms with van der Waals surface area (Å²) < 4.78 is 0. The average Bonchev–Trinajstić information content (AvgIpc) is 2.91. The van der Waals surface area contributed by atoms with Gasteiger partial charge < -0.3 is 10.0 Å². The number of hydrogen-bond acceptors (Lipinski definition) is 3. The molecule has 6 atom stereocenters. The highest BCUT2D eigenvalue weighted by Crippen LogP contribution is 2.75. The number of benzene rings is 1. The molecule has 0 saturated heterocycles. The van der Waals surface area contributed by atoms with Crippen molar-refractivity contribution in [2.24, 2.45) is 33.0 Å². The van der Waals surface area contributed by atoms with Gasteiger partial charge in [0.2, 0.25) is 5.78 Å². The van der Waals surface area contributed by atoms with Crippen LogP contribution in [-0.2, 0) is 11.3 Å². The molecule has 1 aromatic rings. The Morgan fingerprint density at radius 2 is 1.62 bits per heavy atom. The lowest BCUT2D eigenvalue weighted by Crippen LogP contribution is -2.62. The fraction of sp³-hybridized carbons (Fsp3) is 0.595. The minimum Gasteiger partial charge on any atom is -0.504 e. The molecular weight excluding hydrogens is 490 g/mol. The third-order valence-electron chi connectivity index (χ3n) is 12.9. The van der Waals surface area contributed by atoms with Crippen molar-refractivity contribution in [2.75, 3.05) is 13.6 Å².